The van der Waals surface area contributed by atoms with Gasteiger partial charge in [-0.1, -0.05) is 48.9 Å². The summed E-state index contributed by atoms with van der Waals surface area (Å²) in [7, 11) is 0. The second-order valence-corrected chi connectivity index (χ2v) is 9.01. The second kappa shape index (κ2) is 8.75. The number of ether oxygens (including phenoxy) is 1. The molecule has 4 N–H and O–H groups in total. The summed E-state index contributed by atoms with van der Waals surface area (Å²) in [5.74, 6) is 3.09. The summed E-state index contributed by atoms with van der Waals surface area (Å²) in [4.78, 5) is 4.34. The number of aromatic amines is 1. The third-order valence-electron chi connectivity index (χ3n) is 7.35. The van der Waals surface area contributed by atoms with Crippen LogP contribution in [-0.2, 0) is 12.0 Å². The number of hydrogen-bond donors (Lipinski definition) is 2. The summed E-state index contributed by atoms with van der Waals surface area (Å²) >= 11 is 0. The molecule has 3 atom stereocenters. The maximum atomic E-state index is 5.98. The zero-order valence-corrected chi connectivity index (χ0v) is 18.5. The molecule has 3 unspecified atom stereocenters. The Kier molecular flexibility index (Phi) is 5.64. The molecule has 2 fully saturated rings. The molecule has 0 amide bonds. The lowest BCUT2D eigenvalue weighted by Gasteiger charge is -2.39. The molecule has 2 saturated carbocycles. The van der Waals surface area contributed by atoms with Crippen LogP contribution in [0.2, 0.25) is 0 Å². The van der Waals surface area contributed by atoms with E-state index in [1.807, 2.05) is 18.2 Å². The van der Waals surface area contributed by atoms with E-state index in [1.54, 1.807) is 6.20 Å². The molecule has 2 aliphatic rings. The Bertz CT molecular complexity index is 1180. The Labute approximate surface area is 193 Å². The van der Waals surface area contributed by atoms with E-state index in [9.17, 15) is 0 Å². The predicted molar refractivity (Wildman–Crippen MR) is 126 cm³/mol. The van der Waals surface area contributed by atoms with E-state index in [0.717, 1.165) is 22.9 Å². The highest BCUT2D eigenvalue weighted by Gasteiger charge is 2.52. The van der Waals surface area contributed by atoms with E-state index in [0.29, 0.717) is 18.3 Å². The number of nitrogens with one attached hydrogen (secondary N) is 1. The third kappa shape index (κ3) is 3.78. The number of nitrogens with zero attached hydrogens (tertiary/aromatic N) is 4. The minimum atomic E-state index is 0. The minimum Gasteiger partial charge on any atom is -0.487 e. The maximum Gasteiger partial charge on any atom is 0.179 e. The summed E-state index contributed by atoms with van der Waals surface area (Å²) in [5, 5.41) is 14.3. The van der Waals surface area contributed by atoms with Gasteiger partial charge in [-0.15, -0.1) is 5.10 Å². The Hall–Kier alpha value is -3.58. The number of H-pyrrole nitrogens is 1. The fourth-order valence-electron chi connectivity index (χ4n) is 5.90. The molecule has 33 heavy (non-hydrogen) atoms. The fraction of sp³-hybridized carbons (Fsp3) is 0.308. The Balaban J connectivity index is 0.00000228. The number of benzene rings is 2. The number of aromatic nitrogens is 5. The van der Waals surface area contributed by atoms with Crippen molar-refractivity contribution >= 4 is 0 Å². The van der Waals surface area contributed by atoms with Crippen molar-refractivity contribution in [2.24, 2.45) is 11.8 Å². The van der Waals surface area contributed by atoms with Crippen molar-refractivity contribution in [2.45, 2.75) is 37.7 Å². The average Bonchev–Trinajstić information content (AvgIpc) is 3.62. The molecule has 4 aromatic rings. The maximum absolute atomic E-state index is 5.98. The summed E-state index contributed by atoms with van der Waals surface area (Å²) in [6, 6.07) is 23.4. The smallest absolute Gasteiger partial charge is 0.179 e. The lowest BCUT2D eigenvalue weighted by molar-refractivity contribution is 0.299. The van der Waals surface area contributed by atoms with Crippen molar-refractivity contribution in [1.82, 2.24) is 31.8 Å². The summed E-state index contributed by atoms with van der Waals surface area (Å²) in [5.41, 5.74) is 4.80. The molecule has 0 aliphatic heterocycles. The molecule has 2 aliphatic carbocycles. The van der Waals surface area contributed by atoms with Crippen LogP contribution in [0.4, 0.5) is 0 Å². The zero-order valence-electron chi connectivity index (χ0n) is 18.5. The summed E-state index contributed by atoms with van der Waals surface area (Å²) < 4.78 is 5.98. The molecule has 2 heterocycles. The zero-order chi connectivity index (χ0) is 21.4. The Morgan fingerprint density at radius 1 is 0.939 bits per heavy atom. The SMILES string of the molecule is N.c1ccc(COc2ccc(C3(c4ccc(-c5nnn[nH]5)cc4)CC4CCC3C4)cc2)nc1. The number of pyridine rings is 1. The topological polar surface area (TPSA) is 112 Å². The van der Waals surface area contributed by atoms with Crippen LogP contribution >= 0.6 is 0 Å². The lowest BCUT2D eigenvalue weighted by atomic mass is 9.64. The molecule has 2 aromatic carbocycles. The van der Waals surface area contributed by atoms with Crippen LogP contribution in [0.5, 0.6) is 5.75 Å². The van der Waals surface area contributed by atoms with Crippen molar-refractivity contribution in [3.05, 3.63) is 89.7 Å². The van der Waals surface area contributed by atoms with Crippen molar-refractivity contribution in [1.29, 1.82) is 0 Å². The van der Waals surface area contributed by atoms with Gasteiger partial charge in [0.2, 0.25) is 0 Å². The lowest BCUT2D eigenvalue weighted by Crippen LogP contribution is -2.34. The average molecular weight is 441 g/mol. The number of fused-ring (bicyclic) bond motifs is 2. The summed E-state index contributed by atoms with van der Waals surface area (Å²) in [6.07, 6.45) is 7.00. The molecule has 0 spiro atoms. The number of hydrogen-bond acceptors (Lipinski definition) is 6. The fourth-order valence-corrected chi connectivity index (χ4v) is 5.90. The van der Waals surface area contributed by atoms with E-state index in [4.69, 9.17) is 4.74 Å². The quantitative estimate of drug-likeness (QED) is 0.431. The first-order chi connectivity index (χ1) is 15.8. The van der Waals surface area contributed by atoms with Gasteiger partial charge in [0.25, 0.3) is 0 Å². The first-order valence-electron chi connectivity index (χ1n) is 11.3. The molecule has 2 aromatic heterocycles. The molecule has 0 saturated heterocycles. The molecule has 2 bridgehead atoms. The van der Waals surface area contributed by atoms with Gasteiger partial charge in [-0.2, -0.15) is 0 Å². The van der Waals surface area contributed by atoms with Crippen LogP contribution in [0.3, 0.4) is 0 Å². The van der Waals surface area contributed by atoms with E-state index < -0.39 is 0 Å². The molecular formula is C26H28N6O. The molecule has 168 valence electrons. The predicted octanol–water partition coefficient (Wildman–Crippen LogP) is 5.11. The summed E-state index contributed by atoms with van der Waals surface area (Å²) in [6.45, 7) is 0.480. The molecule has 7 heteroatoms. The van der Waals surface area contributed by atoms with Gasteiger partial charge in [0.1, 0.15) is 12.4 Å². The molecule has 0 radical (unpaired) electrons. The first-order valence-corrected chi connectivity index (χ1v) is 11.3. The Morgan fingerprint density at radius 2 is 1.73 bits per heavy atom. The van der Waals surface area contributed by atoms with Gasteiger partial charge in [-0.25, -0.2) is 5.10 Å². The number of rotatable bonds is 6. The normalized spacial score (nSPS) is 23.3. The van der Waals surface area contributed by atoms with Gasteiger partial charge in [0.05, 0.1) is 5.69 Å². The van der Waals surface area contributed by atoms with Gasteiger partial charge in [0, 0.05) is 17.2 Å². The highest BCUT2D eigenvalue weighted by atomic mass is 16.5. The monoisotopic (exact) mass is 440 g/mol. The van der Waals surface area contributed by atoms with E-state index in [1.165, 1.54) is 36.8 Å². The van der Waals surface area contributed by atoms with Crippen LogP contribution in [0.1, 0.15) is 42.5 Å². The van der Waals surface area contributed by atoms with Crippen LogP contribution in [0, 0.1) is 11.8 Å². The van der Waals surface area contributed by atoms with Crippen molar-refractivity contribution in [2.75, 3.05) is 0 Å². The van der Waals surface area contributed by atoms with Crippen molar-refractivity contribution in [3.8, 4) is 17.1 Å². The van der Waals surface area contributed by atoms with Gasteiger partial charge in [-0.3, -0.25) is 4.98 Å². The standard InChI is InChI=1S/C26H25N5O.H3N/c1-2-14-27-23(3-1)17-32-24-12-10-21(11-13-24)26(16-18-4-7-22(26)15-18)20-8-5-19(6-9-20)25-28-30-31-29-25;/h1-3,5-6,8-14,18,22H,4,7,15-17H2,(H,28,29,30,31);1H3. The van der Waals surface area contributed by atoms with Gasteiger partial charge in [-0.05, 0) is 76.9 Å². The highest BCUT2D eigenvalue weighted by Crippen LogP contribution is 2.60. The highest BCUT2D eigenvalue weighted by molar-refractivity contribution is 5.56. The Morgan fingerprint density at radius 3 is 2.33 bits per heavy atom. The van der Waals surface area contributed by atoms with E-state index in [2.05, 4.69) is 74.1 Å². The third-order valence-corrected chi connectivity index (χ3v) is 7.35. The van der Waals surface area contributed by atoms with Crippen LogP contribution in [0.25, 0.3) is 11.4 Å². The largest absolute Gasteiger partial charge is 0.487 e. The van der Waals surface area contributed by atoms with Crippen LogP contribution < -0.4 is 10.9 Å². The van der Waals surface area contributed by atoms with Crippen molar-refractivity contribution < 1.29 is 4.74 Å². The molecular weight excluding hydrogens is 412 g/mol. The molecule has 6 rings (SSSR count). The first kappa shape index (κ1) is 21.3. The number of tetrazole rings is 1. The van der Waals surface area contributed by atoms with Crippen LogP contribution in [0.15, 0.2) is 72.9 Å². The molecule has 7 nitrogen and oxygen atoms in total. The van der Waals surface area contributed by atoms with Gasteiger partial charge in [0.15, 0.2) is 5.82 Å². The van der Waals surface area contributed by atoms with Crippen LogP contribution in [-0.4, -0.2) is 25.6 Å². The minimum absolute atomic E-state index is 0. The van der Waals surface area contributed by atoms with Gasteiger partial charge < -0.3 is 10.9 Å². The second-order valence-electron chi connectivity index (χ2n) is 9.01. The van der Waals surface area contributed by atoms with E-state index in [-0.39, 0.29) is 11.6 Å². The van der Waals surface area contributed by atoms with Gasteiger partial charge >= 0.3 is 0 Å². The van der Waals surface area contributed by atoms with E-state index >= 15 is 0 Å². The van der Waals surface area contributed by atoms with Crippen molar-refractivity contribution in [3.63, 3.8) is 0 Å².